The quantitative estimate of drug-likeness (QED) is 0.676. The van der Waals surface area contributed by atoms with Gasteiger partial charge in [-0.2, -0.15) is 0 Å². The van der Waals surface area contributed by atoms with Gasteiger partial charge in [-0.1, -0.05) is 58.4 Å². The fourth-order valence-electron chi connectivity index (χ4n) is 2.34. The van der Waals surface area contributed by atoms with Crippen LogP contribution in [0.2, 0.25) is 0 Å². The number of hydrogen-bond donors (Lipinski definition) is 1. The fraction of sp³-hybridized carbons (Fsp3) is 0.444. The molecule has 2 rings (SSSR count). The number of nitrogens with zero attached hydrogens (tertiary/aromatic N) is 1. The Morgan fingerprint density at radius 3 is 2.41 bits per heavy atom. The second-order valence-electron chi connectivity index (χ2n) is 6.67. The van der Waals surface area contributed by atoms with E-state index in [1.54, 1.807) is 4.90 Å². The molecular formula is C18H24N2OS. The molecule has 118 valence electrons. The molecule has 1 aromatic rings. The van der Waals surface area contributed by atoms with Crippen LogP contribution in [0.1, 0.15) is 51.7 Å². The third-order valence-corrected chi connectivity index (χ3v) is 4.11. The van der Waals surface area contributed by atoms with Gasteiger partial charge < -0.3 is 5.32 Å². The third kappa shape index (κ3) is 3.74. The maximum Gasteiger partial charge on any atom is 0.276 e. The molecule has 1 aromatic carbocycles. The molecule has 0 spiro atoms. The molecule has 3 nitrogen and oxygen atoms in total. The van der Waals surface area contributed by atoms with Crippen molar-refractivity contribution in [3.63, 3.8) is 0 Å². The van der Waals surface area contributed by atoms with Gasteiger partial charge in [0.15, 0.2) is 5.11 Å². The molecule has 0 unspecified atom stereocenters. The lowest BCUT2D eigenvalue weighted by molar-refractivity contribution is -0.122. The van der Waals surface area contributed by atoms with Crippen molar-refractivity contribution in [3.05, 3.63) is 41.1 Å². The first-order chi connectivity index (χ1) is 10.3. The van der Waals surface area contributed by atoms with Crippen molar-refractivity contribution in [1.82, 2.24) is 10.2 Å². The number of unbranched alkanes of at least 4 members (excludes halogenated alkanes) is 1. The van der Waals surface area contributed by atoms with Gasteiger partial charge >= 0.3 is 0 Å². The van der Waals surface area contributed by atoms with Crippen molar-refractivity contribution in [2.45, 2.75) is 46.0 Å². The Hall–Kier alpha value is -1.68. The number of benzene rings is 1. The van der Waals surface area contributed by atoms with Crippen LogP contribution in [0.4, 0.5) is 0 Å². The Balaban J connectivity index is 2.16. The van der Waals surface area contributed by atoms with E-state index in [9.17, 15) is 4.79 Å². The maximum atomic E-state index is 12.4. The molecule has 1 fully saturated rings. The zero-order valence-corrected chi connectivity index (χ0v) is 14.6. The number of rotatable bonds is 4. The zero-order valence-electron chi connectivity index (χ0n) is 13.8. The van der Waals surface area contributed by atoms with Crippen LogP contribution in [0.25, 0.3) is 6.08 Å². The average molecular weight is 316 g/mol. The molecule has 0 bridgehead atoms. The van der Waals surface area contributed by atoms with Crippen LogP contribution in [-0.2, 0) is 10.2 Å². The van der Waals surface area contributed by atoms with Crippen LogP contribution < -0.4 is 5.32 Å². The third-order valence-electron chi connectivity index (χ3n) is 3.79. The van der Waals surface area contributed by atoms with Gasteiger partial charge in [0.2, 0.25) is 0 Å². The van der Waals surface area contributed by atoms with Gasteiger partial charge in [0.05, 0.1) is 0 Å². The summed E-state index contributed by atoms with van der Waals surface area (Å²) in [4.78, 5) is 14.0. The predicted octanol–water partition coefficient (Wildman–Crippen LogP) is 3.84. The van der Waals surface area contributed by atoms with E-state index in [0.29, 0.717) is 17.4 Å². The number of carbonyl (C=O) groups is 1. The van der Waals surface area contributed by atoms with Crippen LogP contribution in [-0.4, -0.2) is 22.5 Å². The minimum atomic E-state index is -0.0293. The van der Waals surface area contributed by atoms with E-state index >= 15 is 0 Å². The van der Waals surface area contributed by atoms with Crippen molar-refractivity contribution in [3.8, 4) is 0 Å². The Morgan fingerprint density at radius 1 is 1.23 bits per heavy atom. The second-order valence-corrected chi connectivity index (χ2v) is 7.06. The number of amides is 1. The summed E-state index contributed by atoms with van der Waals surface area (Å²) in [5, 5.41) is 3.54. The second kappa shape index (κ2) is 6.61. The molecule has 1 aliphatic rings. The SMILES string of the molecule is CCCCN1C(=O)/C(=C\c2ccc(C(C)(C)C)cc2)NC1=S. The zero-order chi connectivity index (χ0) is 16.3. The lowest BCUT2D eigenvalue weighted by Crippen LogP contribution is -2.31. The normalized spacial score (nSPS) is 17.3. The van der Waals surface area contributed by atoms with Crippen molar-refractivity contribution in [2.75, 3.05) is 6.54 Å². The van der Waals surface area contributed by atoms with Gasteiger partial charge in [0.1, 0.15) is 5.70 Å². The molecule has 22 heavy (non-hydrogen) atoms. The minimum Gasteiger partial charge on any atom is -0.328 e. The van der Waals surface area contributed by atoms with Crippen LogP contribution >= 0.6 is 12.2 Å². The van der Waals surface area contributed by atoms with Gasteiger partial charge in [-0.3, -0.25) is 9.69 Å². The van der Waals surface area contributed by atoms with E-state index in [1.165, 1.54) is 5.56 Å². The minimum absolute atomic E-state index is 0.0293. The highest BCUT2D eigenvalue weighted by Gasteiger charge is 2.29. The number of nitrogens with one attached hydrogen (secondary N) is 1. The Labute approximate surface area is 138 Å². The van der Waals surface area contributed by atoms with Crippen molar-refractivity contribution < 1.29 is 4.79 Å². The molecule has 0 aliphatic carbocycles. The number of thiocarbonyl (C=S) groups is 1. The maximum absolute atomic E-state index is 12.4. The Kier molecular flexibility index (Phi) is 5.01. The fourth-order valence-corrected chi connectivity index (χ4v) is 2.62. The summed E-state index contributed by atoms with van der Waals surface area (Å²) in [6.07, 6.45) is 3.87. The van der Waals surface area contributed by atoms with Gasteiger partial charge in [-0.15, -0.1) is 0 Å². The van der Waals surface area contributed by atoms with Gasteiger partial charge in [-0.05, 0) is 41.3 Å². The molecule has 1 N–H and O–H groups in total. The highest BCUT2D eigenvalue weighted by Crippen LogP contribution is 2.23. The summed E-state index contributed by atoms with van der Waals surface area (Å²) in [5.74, 6) is -0.0293. The molecule has 0 saturated carbocycles. The molecular weight excluding hydrogens is 292 g/mol. The van der Waals surface area contributed by atoms with E-state index in [1.807, 2.05) is 18.2 Å². The summed E-state index contributed by atoms with van der Waals surface area (Å²) < 4.78 is 0. The summed E-state index contributed by atoms with van der Waals surface area (Å²) in [5.41, 5.74) is 2.97. The summed E-state index contributed by atoms with van der Waals surface area (Å²) >= 11 is 5.25. The van der Waals surface area contributed by atoms with Crippen molar-refractivity contribution >= 4 is 29.3 Å². The highest BCUT2D eigenvalue weighted by atomic mass is 32.1. The molecule has 1 heterocycles. The first-order valence-electron chi connectivity index (χ1n) is 7.78. The van der Waals surface area contributed by atoms with Gasteiger partial charge in [-0.25, -0.2) is 0 Å². The number of hydrogen-bond acceptors (Lipinski definition) is 2. The molecule has 1 saturated heterocycles. The van der Waals surface area contributed by atoms with E-state index < -0.39 is 0 Å². The lowest BCUT2D eigenvalue weighted by atomic mass is 9.87. The highest BCUT2D eigenvalue weighted by molar-refractivity contribution is 7.80. The van der Waals surface area contributed by atoms with E-state index in [4.69, 9.17) is 12.2 Å². The molecule has 0 radical (unpaired) electrons. The predicted molar refractivity (Wildman–Crippen MR) is 95.5 cm³/mol. The Bertz CT molecular complexity index is 597. The van der Waals surface area contributed by atoms with Crippen molar-refractivity contribution in [2.24, 2.45) is 0 Å². The number of carbonyl (C=O) groups excluding carboxylic acids is 1. The van der Waals surface area contributed by atoms with E-state index in [-0.39, 0.29) is 11.3 Å². The van der Waals surface area contributed by atoms with Crippen LogP contribution in [0.15, 0.2) is 30.0 Å². The monoisotopic (exact) mass is 316 g/mol. The van der Waals surface area contributed by atoms with Crippen LogP contribution in [0.5, 0.6) is 0 Å². The topological polar surface area (TPSA) is 32.3 Å². The Morgan fingerprint density at radius 2 is 1.86 bits per heavy atom. The summed E-state index contributed by atoms with van der Waals surface area (Å²) in [6, 6.07) is 8.30. The first-order valence-corrected chi connectivity index (χ1v) is 8.19. The average Bonchev–Trinajstić information content (AvgIpc) is 2.71. The van der Waals surface area contributed by atoms with Crippen molar-refractivity contribution in [1.29, 1.82) is 0 Å². The van der Waals surface area contributed by atoms with Crippen LogP contribution in [0.3, 0.4) is 0 Å². The largest absolute Gasteiger partial charge is 0.328 e. The van der Waals surface area contributed by atoms with E-state index in [0.717, 1.165) is 18.4 Å². The summed E-state index contributed by atoms with van der Waals surface area (Å²) in [7, 11) is 0. The smallest absolute Gasteiger partial charge is 0.276 e. The van der Waals surface area contributed by atoms with E-state index in [2.05, 4.69) is 45.1 Å². The lowest BCUT2D eigenvalue weighted by Gasteiger charge is -2.18. The first kappa shape index (κ1) is 16.7. The molecule has 1 aliphatic heterocycles. The standard InChI is InChI=1S/C18H24N2OS/c1-5-6-11-20-16(21)15(19-17(20)22)12-13-7-9-14(10-8-13)18(2,3)4/h7-10,12H,5-6,11H2,1-4H3,(H,19,22)/b15-12+. The summed E-state index contributed by atoms with van der Waals surface area (Å²) in [6.45, 7) is 9.34. The van der Waals surface area contributed by atoms with Gasteiger partial charge in [0.25, 0.3) is 5.91 Å². The van der Waals surface area contributed by atoms with Crippen LogP contribution in [0, 0.1) is 0 Å². The van der Waals surface area contributed by atoms with Gasteiger partial charge in [0, 0.05) is 6.54 Å². The molecule has 0 atom stereocenters. The molecule has 4 heteroatoms. The molecule has 1 amide bonds. The molecule has 0 aromatic heterocycles.